The summed E-state index contributed by atoms with van der Waals surface area (Å²) >= 11 is 0. The molecular weight excluding hydrogens is 462 g/mol. The van der Waals surface area contributed by atoms with Gasteiger partial charge in [0.15, 0.2) is 0 Å². The van der Waals surface area contributed by atoms with Crippen molar-refractivity contribution in [3.63, 3.8) is 0 Å². The van der Waals surface area contributed by atoms with E-state index in [1.54, 1.807) is 6.92 Å². The third kappa shape index (κ3) is 6.59. The first-order valence-corrected chi connectivity index (χ1v) is 12.6. The molecular formula is C30H39N5O2. The van der Waals surface area contributed by atoms with Crippen LogP contribution in [0.4, 0.5) is 0 Å². The Bertz CT molecular complexity index is 1350. The van der Waals surface area contributed by atoms with Crippen molar-refractivity contribution in [3.8, 4) is 17.3 Å². The van der Waals surface area contributed by atoms with Crippen molar-refractivity contribution in [2.45, 2.75) is 32.7 Å². The topological polar surface area (TPSA) is 84.5 Å². The molecule has 0 radical (unpaired) electrons. The van der Waals surface area contributed by atoms with Gasteiger partial charge < -0.3 is 24.8 Å². The number of amides is 1. The minimum Gasteiger partial charge on any atom is -0.396 e. The molecule has 0 saturated carbocycles. The molecule has 2 N–H and O–H groups in total. The third-order valence-electron chi connectivity index (χ3n) is 7.08. The van der Waals surface area contributed by atoms with Crippen molar-refractivity contribution in [1.29, 1.82) is 5.26 Å². The lowest BCUT2D eigenvalue weighted by Gasteiger charge is -2.34. The Hall–Kier alpha value is -3.60. The van der Waals surface area contributed by atoms with E-state index in [9.17, 15) is 15.2 Å². The van der Waals surface area contributed by atoms with E-state index in [4.69, 9.17) is 0 Å². The second-order valence-electron chi connectivity index (χ2n) is 10.4. The van der Waals surface area contributed by atoms with Crippen molar-refractivity contribution in [2.75, 3.05) is 39.8 Å². The number of aromatic nitrogens is 1. The number of hydrogen-bond acceptors (Lipinski definition) is 5. The Kier molecular flexibility index (Phi) is 8.80. The minimum absolute atomic E-state index is 0.0478. The fraction of sp³-hybridized carbons (Fsp3) is 0.400. The number of carbonyl (C=O) groups is 1. The van der Waals surface area contributed by atoms with E-state index in [1.807, 2.05) is 37.6 Å². The van der Waals surface area contributed by atoms with Crippen LogP contribution in [0.15, 0.2) is 48.2 Å². The smallest absolute Gasteiger partial charge is 0.262 e. The average molecular weight is 502 g/mol. The van der Waals surface area contributed by atoms with E-state index in [0.29, 0.717) is 12.0 Å². The van der Waals surface area contributed by atoms with Crippen LogP contribution in [0.25, 0.3) is 29.5 Å². The molecule has 7 nitrogen and oxygen atoms in total. The number of carbonyl (C=O) groups excluding carboxylic acids is 1. The number of nitrogens with one attached hydrogen (secondary N) is 1. The molecule has 37 heavy (non-hydrogen) atoms. The molecule has 0 bridgehead atoms. The van der Waals surface area contributed by atoms with Crippen LogP contribution in [-0.4, -0.2) is 70.8 Å². The van der Waals surface area contributed by atoms with Crippen LogP contribution in [0.2, 0.25) is 0 Å². The summed E-state index contributed by atoms with van der Waals surface area (Å²) < 4.78 is 1.99. The van der Waals surface area contributed by atoms with E-state index >= 15 is 0 Å². The lowest BCUT2D eigenvalue weighted by molar-refractivity contribution is -0.118. The zero-order valence-electron chi connectivity index (χ0n) is 22.8. The summed E-state index contributed by atoms with van der Waals surface area (Å²) in [5, 5.41) is 23.8. The zero-order valence-corrected chi connectivity index (χ0v) is 22.8. The van der Waals surface area contributed by atoms with Crippen LogP contribution in [0.3, 0.4) is 0 Å². The molecule has 0 atom stereocenters. The van der Waals surface area contributed by atoms with Gasteiger partial charge in [-0.2, -0.15) is 5.26 Å². The number of rotatable bonds is 8. The van der Waals surface area contributed by atoms with E-state index < -0.39 is 11.4 Å². The highest BCUT2D eigenvalue weighted by Gasteiger charge is 2.24. The van der Waals surface area contributed by atoms with Crippen molar-refractivity contribution >= 4 is 24.1 Å². The summed E-state index contributed by atoms with van der Waals surface area (Å²) in [6, 6.07) is 12.2. The highest BCUT2D eigenvalue weighted by atomic mass is 16.3. The van der Waals surface area contributed by atoms with E-state index in [1.165, 1.54) is 0 Å². The fourth-order valence-electron chi connectivity index (χ4n) is 4.59. The normalized spacial score (nSPS) is 15.8. The quantitative estimate of drug-likeness (QED) is 0.428. The predicted molar refractivity (Wildman–Crippen MR) is 150 cm³/mol. The van der Waals surface area contributed by atoms with Gasteiger partial charge in [-0.05, 0) is 80.1 Å². The first kappa shape index (κ1) is 28.0. The number of benzene rings is 1. The van der Waals surface area contributed by atoms with E-state index in [2.05, 4.69) is 65.7 Å². The van der Waals surface area contributed by atoms with Crippen molar-refractivity contribution in [1.82, 2.24) is 19.7 Å². The van der Waals surface area contributed by atoms with Gasteiger partial charge in [0.05, 0.1) is 0 Å². The molecule has 1 aliphatic heterocycles. The molecule has 2 aromatic rings. The molecule has 0 spiro atoms. The van der Waals surface area contributed by atoms with Gasteiger partial charge >= 0.3 is 0 Å². The standard InChI is InChI=1S/C30H39N5O2/c1-21-18-25(9-8-24(21)19-22(2)35-15-13-33(6)14-16-35)28-11-10-27(34(28)7)23(3)26(20-31)29(37)32-30(4,5)12-17-36/h8-11,18-19,36H,1-2,12-17H2,3-7H3,(H,32,37)/b24-19-,26-23+. The molecule has 2 heterocycles. The SMILES string of the molecule is C=C(/C=c1/ccc(-c2ccc(/C(C)=C(\C#N)C(=O)NC(C)(C)CCO)n2C)cc1=C)N1CCN(C)CC1. The summed E-state index contributed by atoms with van der Waals surface area (Å²) in [4.78, 5) is 17.5. The summed E-state index contributed by atoms with van der Waals surface area (Å²) in [5.41, 5.74) is 3.78. The maximum Gasteiger partial charge on any atom is 0.262 e. The lowest BCUT2D eigenvalue weighted by Crippen LogP contribution is -2.44. The lowest BCUT2D eigenvalue weighted by atomic mass is 9.99. The van der Waals surface area contributed by atoms with Crippen molar-refractivity contribution in [3.05, 3.63) is 64.3 Å². The van der Waals surface area contributed by atoms with Crippen molar-refractivity contribution < 1.29 is 9.90 Å². The largest absolute Gasteiger partial charge is 0.396 e. The molecule has 196 valence electrons. The number of allylic oxidation sites excluding steroid dienone is 2. The number of aliphatic hydroxyl groups excluding tert-OH is 1. The Morgan fingerprint density at radius 3 is 2.46 bits per heavy atom. The molecule has 1 saturated heterocycles. The minimum atomic E-state index is -0.619. The van der Waals surface area contributed by atoms with Crippen LogP contribution >= 0.6 is 0 Å². The van der Waals surface area contributed by atoms with Gasteiger partial charge in [-0.15, -0.1) is 0 Å². The summed E-state index contributed by atoms with van der Waals surface area (Å²) in [6.45, 7) is 17.9. The third-order valence-corrected chi connectivity index (χ3v) is 7.08. The maximum atomic E-state index is 12.9. The fourth-order valence-corrected chi connectivity index (χ4v) is 4.59. The molecule has 3 rings (SSSR count). The number of nitriles is 1. The van der Waals surface area contributed by atoms with Crippen LogP contribution < -0.4 is 15.8 Å². The molecule has 0 aliphatic carbocycles. The maximum absolute atomic E-state index is 12.9. The first-order chi connectivity index (χ1) is 17.5. The molecule has 1 aromatic carbocycles. The Morgan fingerprint density at radius 2 is 1.86 bits per heavy atom. The van der Waals surface area contributed by atoms with Crippen LogP contribution in [0, 0.1) is 11.3 Å². The Balaban J connectivity index is 1.88. The molecule has 7 heteroatoms. The van der Waals surface area contributed by atoms with Gasteiger partial charge in [-0.3, -0.25) is 4.79 Å². The highest BCUT2D eigenvalue weighted by molar-refractivity contribution is 6.04. The summed E-state index contributed by atoms with van der Waals surface area (Å²) in [7, 11) is 4.06. The average Bonchev–Trinajstić information content (AvgIpc) is 3.21. The second kappa shape index (κ2) is 11.6. The van der Waals surface area contributed by atoms with Gasteiger partial charge in [-0.25, -0.2) is 0 Å². The number of nitrogens with zero attached hydrogens (tertiary/aromatic N) is 4. The Labute approximate surface area is 220 Å². The number of piperazine rings is 1. The van der Waals surface area contributed by atoms with Gasteiger partial charge in [0.1, 0.15) is 11.6 Å². The second-order valence-corrected chi connectivity index (χ2v) is 10.4. The van der Waals surface area contributed by atoms with Gasteiger partial charge in [0.25, 0.3) is 5.91 Å². The van der Waals surface area contributed by atoms with Crippen LogP contribution in [-0.2, 0) is 11.8 Å². The number of hydrogen-bond donors (Lipinski definition) is 2. The number of aliphatic hydroxyl groups is 1. The highest BCUT2D eigenvalue weighted by Crippen LogP contribution is 2.26. The van der Waals surface area contributed by atoms with Gasteiger partial charge in [0, 0.05) is 62.5 Å². The first-order valence-electron chi connectivity index (χ1n) is 12.6. The van der Waals surface area contributed by atoms with E-state index in [0.717, 1.165) is 59.3 Å². The number of likely N-dealkylation sites (N-methyl/N-ethyl adjacent to an activating group) is 1. The van der Waals surface area contributed by atoms with E-state index in [-0.39, 0.29) is 12.2 Å². The van der Waals surface area contributed by atoms with Crippen LogP contribution in [0.1, 0.15) is 32.9 Å². The van der Waals surface area contributed by atoms with Crippen molar-refractivity contribution in [2.24, 2.45) is 7.05 Å². The van der Waals surface area contributed by atoms with Gasteiger partial charge in [0.2, 0.25) is 0 Å². The van der Waals surface area contributed by atoms with Crippen LogP contribution in [0.5, 0.6) is 0 Å². The summed E-state index contributed by atoms with van der Waals surface area (Å²) in [5.74, 6) is -0.443. The predicted octanol–water partition coefficient (Wildman–Crippen LogP) is 2.22. The summed E-state index contributed by atoms with van der Waals surface area (Å²) in [6.07, 6.45) is 2.49. The molecule has 1 aliphatic rings. The molecule has 1 aromatic heterocycles. The monoisotopic (exact) mass is 501 g/mol. The van der Waals surface area contributed by atoms with Gasteiger partial charge in [-0.1, -0.05) is 25.3 Å². The molecule has 1 amide bonds. The Morgan fingerprint density at radius 1 is 1.19 bits per heavy atom. The molecule has 1 fully saturated rings. The zero-order chi connectivity index (χ0) is 27.3. The molecule has 0 unspecified atom stereocenters.